The molecule has 2 fully saturated rings. The highest BCUT2D eigenvalue weighted by molar-refractivity contribution is 5.83. The van der Waals surface area contributed by atoms with Crippen LogP contribution in [0.15, 0.2) is 0 Å². The maximum Gasteiger partial charge on any atom is 0.251 e. The van der Waals surface area contributed by atoms with E-state index >= 15 is 0 Å². The first kappa shape index (κ1) is 10.4. The minimum absolute atomic E-state index is 0.0256. The first-order valence-corrected chi connectivity index (χ1v) is 5.44. The maximum atomic E-state index is 11.9. The van der Waals surface area contributed by atoms with Crippen LogP contribution in [0.5, 0.6) is 0 Å². The van der Waals surface area contributed by atoms with Gasteiger partial charge in [0.25, 0.3) is 5.91 Å². The van der Waals surface area contributed by atoms with E-state index in [4.69, 9.17) is 4.74 Å². The number of nitrogens with one attached hydrogen (secondary N) is 1. The normalized spacial score (nSPS) is 27.3. The molecule has 2 amide bonds. The van der Waals surface area contributed by atoms with Gasteiger partial charge >= 0.3 is 0 Å². The number of rotatable bonds is 1. The van der Waals surface area contributed by atoms with Gasteiger partial charge in [-0.15, -0.1) is 0 Å². The standard InChI is InChI=1S/C10H16N2O3/c13-9-3-5-12(6-4-11-9)10(14)8-2-1-7-15-8/h8H,1-7H2,(H,11,13)/t8-/m0/s1. The Balaban J connectivity index is 1.91. The minimum Gasteiger partial charge on any atom is -0.368 e. The highest BCUT2D eigenvalue weighted by Gasteiger charge is 2.29. The third-order valence-corrected chi connectivity index (χ3v) is 2.83. The van der Waals surface area contributed by atoms with Crippen molar-refractivity contribution < 1.29 is 14.3 Å². The van der Waals surface area contributed by atoms with Gasteiger partial charge in [-0.2, -0.15) is 0 Å². The molecule has 2 rings (SSSR count). The lowest BCUT2D eigenvalue weighted by Gasteiger charge is -2.22. The van der Waals surface area contributed by atoms with Crippen LogP contribution in [0.3, 0.4) is 0 Å². The van der Waals surface area contributed by atoms with E-state index in [-0.39, 0.29) is 17.9 Å². The summed E-state index contributed by atoms with van der Waals surface area (Å²) < 4.78 is 5.34. The SMILES string of the molecule is O=C1CCN(C(=O)[C@@H]2CCCO2)CCN1. The van der Waals surface area contributed by atoms with Crippen molar-refractivity contribution in [3.05, 3.63) is 0 Å². The van der Waals surface area contributed by atoms with E-state index in [1.54, 1.807) is 4.90 Å². The molecule has 84 valence electrons. The van der Waals surface area contributed by atoms with Crippen LogP contribution in [0.4, 0.5) is 0 Å². The Bertz CT molecular complexity index is 261. The Labute approximate surface area is 88.8 Å². The second-order valence-electron chi connectivity index (χ2n) is 3.93. The first-order valence-electron chi connectivity index (χ1n) is 5.44. The second-order valence-corrected chi connectivity index (χ2v) is 3.93. The highest BCUT2D eigenvalue weighted by Crippen LogP contribution is 2.15. The zero-order valence-electron chi connectivity index (χ0n) is 8.70. The molecular formula is C10H16N2O3. The van der Waals surface area contributed by atoms with Gasteiger partial charge in [0.1, 0.15) is 6.10 Å². The number of carbonyl (C=O) groups excluding carboxylic acids is 2. The molecule has 0 aliphatic carbocycles. The van der Waals surface area contributed by atoms with Gasteiger partial charge < -0.3 is 15.0 Å². The van der Waals surface area contributed by atoms with Crippen molar-refractivity contribution in [1.29, 1.82) is 0 Å². The van der Waals surface area contributed by atoms with E-state index in [0.29, 0.717) is 32.7 Å². The number of hydrogen-bond donors (Lipinski definition) is 1. The molecule has 0 spiro atoms. The van der Waals surface area contributed by atoms with E-state index in [2.05, 4.69) is 5.32 Å². The largest absolute Gasteiger partial charge is 0.368 e. The number of hydrogen-bond acceptors (Lipinski definition) is 3. The van der Waals surface area contributed by atoms with Crippen LogP contribution in [0.2, 0.25) is 0 Å². The van der Waals surface area contributed by atoms with Gasteiger partial charge in [0, 0.05) is 32.7 Å². The summed E-state index contributed by atoms with van der Waals surface area (Å²) in [6, 6.07) is 0. The fourth-order valence-corrected chi connectivity index (χ4v) is 1.96. The van der Waals surface area contributed by atoms with Crippen molar-refractivity contribution in [2.75, 3.05) is 26.2 Å². The molecule has 0 aromatic rings. The van der Waals surface area contributed by atoms with E-state index in [1.807, 2.05) is 0 Å². The molecule has 0 saturated carbocycles. The van der Waals surface area contributed by atoms with E-state index < -0.39 is 0 Å². The van der Waals surface area contributed by atoms with Crippen LogP contribution < -0.4 is 5.32 Å². The minimum atomic E-state index is -0.266. The van der Waals surface area contributed by atoms with Crippen LogP contribution >= 0.6 is 0 Å². The first-order chi connectivity index (χ1) is 7.27. The van der Waals surface area contributed by atoms with Crippen LogP contribution in [0.1, 0.15) is 19.3 Å². The third-order valence-electron chi connectivity index (χ3n) is 2.83. The van der Waals surface area contributed by atoms with Gasteiger partial charge in [0.2, 0.25) is 5.91 Å². The van der Waals surface area contributed by atoms with Gasteiger partial charge in [-0.25, -0.2) is 0 Å². The van der Waals surface area contributed by atoms with E-state index in [0.717, 1.165) is 12.8 Å². The Morgan fingerprint density at radius 2 is 2.33 bits per heavy atom. The van der Waals surface area contributed by atoms with Crippen molar-refractivity contribution in [2.45, 2.75) is 25.4 Å². The van der Waals surface area contributed by atoms with Crippen LogP contribution in [0.25, 0.3) is 0 Å². The quantitative estimate of drug-likeness (QED) is 0.638. The Morgan fingerprint density at radius 3 is 3.07 bits per heavy atom. The van der Waals surface area contributed by atoms with Gasteiger partial charge in [-0.05, 0) is 12.8 Å². The zero-order valence-corrected chi connectivity index (χ0v) is 8.70. The molecule has 5 heteroatoms. The molecule has 2 heterocycles. The summed E-state index contributed by atoms with van der Waals surface area (Å²) in [5.41, 5.74) is 0. The topological polar surface area (TPSA) is 58.6 Å². The fourth-order valence-electron chi connectivity index (χ4n) is 1.96. The van der Waals surface area contributed by atoms with Gasteiger partial charge in [-0.3, -0.25) is 9.59 Å². The van der Waals surface area contributed by atoms with Crippen LogP contribution in [-0.4, -0.2) is 49.1 Å². The predicted molar refractivity (Wildman–Crippen MR) is 53.2 cm³/mol. The summed E-state index contributed by atoms with van der Waals surface area (Å²) in [5.74, 6) is 0.0710. The summed E-state index contributed by atoms with van der Waals surface area (Å²) in [7, 11) is 0. The van der Waals surface area contributed by atoms with Crippen molar-refractivity contribution >= 4 is 11.8 Å². The van der Waals surface area contributed by atoms with E-state index in [9.17, 15) is 9.59 Å². The average molecular weight is 212 g/mol. The zero-order chi connectivity index (χ0) is 10.7. The molecule has 2 aliphatic rings. The molecule has 0 aromatic heterocycles. The maximum absolute atomic E-state index is 11.9. The van der Waals surface area contributed by atoms with Gasteiger partial charge in [0.05, 0.1) is 0 Å². The molecule has 1 atom stereocenters. The average Bonchev–Trinajstić information content (AvgIpc) is 2.67. The summed E-state index contributed by atoms with van der Waals surface area (Å²) in [6.07, 6.45) is 1.91. The summed E-state index contributed by atoms with van der Waals surface area (Å²) >= 11 is 0. The molecule has 2 aliphatic heterocycles. The molecule has 1 N–H and O–H groups in total. The lowest BCUT2D eigenvalue weighted by Crippen LogP contribution is -2.40. The number of carbonyl (C=O) groups is 2. The summed E-state index contributed by atoms with van der Waals surface area (Å²) in [4.78, 5) is 24.7. The Morgan fingerprint density at radius 1 is 1.47 bits per heavy atom. The van der Waals surface area contributed by atoms with Crippen molar-refractivity contribution in [3.63, 3.8) is 0 Å². The Kier molecular flexibility index (Phi) is 3.20. The van der Waals surface area contributed by atoms with Crippen molar-refractivity contribution in [1.82, 2.24) is 10.2 Å². The molecule has 0 aromatic carbocycles. The van der Waals surface area contributed by atoms with Crippen LogP contribution in [-0.2, 0) is 14.3 Å². The van der Waals surface area contributed by atoms with Gasteiger partial charge in [0.15, 0.2) is 0 Å². The number of amides is 2. The molecule has 2 saturated heterocycles. The molecule has 0 bridgehead atoms. The predicted octanol–water partition coefficient (Wildman–Crippen LogP) is -0.486. The second kappa shape index (κ2) is 4.61. The summed E-state index contributed by atoms with van der Waals surface area (Å²) in [6.45, 7) is 2.35. The lowest BCUT2D eigenvalue weighted by atomic mass is 10.2. The smallest absolute Gasteiger partial charge is 0.251 e. The fraction of sp³-hybridized carbons (Fsp3) is 0.800. The molecular weight excluding hydrogens is 196 g/mol. The molecule has 15 heavy (non-hydrogen) atoms. The van der Waals surface area contributed by atoms with Crippen molar-refractivity contribution in [3.8, 4) is 0 Å². The molecule has 5 nitrogen and oxygen atoms in total. The highest BCUT2D eigenvalue weighted by atomic mass is 16.5. The Hall–Kier alpha value is -1.10. The number of nitrogens with zero attached hydrogens (tertiary/aromatic N) is 1. The van der Waals surface area contributed by atoms with E-state index in [1.165, 1.54) is 0 Å². The monoisotopic (exact) mass is 212 g/mol. The number of ether oxygens (including phenoxy) is 1. The summed E-state index contributed by atoms with van der Waals surface area (Å²) in [5, 5.41) is 2.75. The van der Waals surface area contributed by atoms with Crippen LogP contribution in [0, 0.1) is 0 Å². The lowest BCUT2D eigenvalue weighted by molar-refractivity contribution is -0.140. The van der Waals surface area contributed by atoms with Crippen molar-refractivity contribution in [2.24, 2.45) is 0 Å². The van der Waals surface area contributed by atoms with Gasteiger partial charge in [-0.1, -0.05) is 0 Å². The molecule has 0 radical (unpaired) electrons. The third kappa shape index (κ3) is 2.47. The molecule has 0 unspecified atom stereocenters.